The number of hydrogen-bond donors (Lipinski definition) is 0. The second kappa shape index (κ2) is 5.46. The zero-order valence-corrected chi connectivity index (χ0v) is 11.3. The summed E-state index contributed by atoms with van der Waals surface area (Å²) in [5.41, 5.74) is 1.08. The topological polar surface area (TPSA) is 22.1 Å². The van der Waals surface area contributed by atoms with Crippen molar-refractivity contribution in [2.75, 3.05) is 7.11 Å². The molecule has 0 fully saturated rings. The Bertz CT molecular complexity index is 443. The number of aromatic nitrogens is 1. The van der Waals surface area contributed by atoms with E-state index in [4.69, 9.17) is 4.74 Å². The molecule has 2 aromatic heterocycles. The first-order chi connectivity index (χ1) is 7.81. The Morgan fingerprint density at radius 3 is 3.00 bits per heavy atom. The fourth-order valence-corrected chi connectivity index (χ4v) is 3.22. The van der Waals surface area contributed by atoms with Crippen LogP contribution < -0.4 is 4.74 Å². The van der Waals surface area contributed by atoms with Gasteiger partial charge >= 0.3 is 0 Å². The molecule has 4 heteroatoms. The molecule has 2 heterocycles. The van der Waals surface area contributed by atoms with Gasteiger partial charge < -0.3 is 4.74 Å². The molecule has 0 amide bonds. The summed E-state index contributed by atoms with van der Waals surface area (Å²) in [6.07, 6.45) is 2.69. The highest BCUT2D eigenvalue weighted by Gasteiger charge is 2.15. The third-order valence-electron chi connectivity index (χ3n) is 2.28. The maximum atomic E-state index is 5.30. The van der Waals surface area contributed by atoms with Crippen LogP contribution in [0.2, 0.25) is 0 Å². The third kappa shape index (κ3) is 2.62. The molecule has 0 saturated heterocycles. The lowest BCUT2D eigenvalue weighted by Gasteiger charge is -2.09. The first-order valence-corrected chi connectivity index (χ1v) is 6.76. The van der Waals surface area contributed by atoms with Crippen LogP contribution in [-0.4, -0.2) is 12.1 Å². The van der Waals surface area contributed by atoms with Gasteiger partial charge in [0.2, 0.25) is 0 Å². The number of halogens is 1. The number of nitrogens with zero attached hydrogens (tertiary/aromatic N) is 1. The van der Waals surface area contributed by atoms with Crippen molar-refractivity contribution >= 4 is 27.3 Å². The predicted octanol–water partition coefficient (Wildman–Crippen LogP) is 3.83. The third-order valence-corrected chi connectivity index (χ3v) is 4.37. The van der Waals surface area contributed by atoms with Crippen molar-refractivity contribution < 1.29 is 4.74 Å². The van der Waals surface area contributed by atoms with Gasteiger partial charge in [0.05, 0.1) is 16.8 Å². The number of alkyl halides is 1. The van der Waals surface area contributed by atoms with Gasteiger partial charge in [-0.15, -0.1) is 11.3 Å². The average Bonchev–Trinajstić information content (AvgIpc) is 2.78. The second-order valence-electron chi connectivity index (χ2n) is 3.35. The van der Waals surface area contributed by atoms with Crippen LogP contribution in [0.3, 0.4) is 0 Å². The van der Waals surface area contributed by atoms with E-state index < -0.39 is 0 Å². The summed E-state index contributed by atoms with van der Waals surface area (Å²) in [7, 11) is 1.70. The molecule has 2 rings (SSSR count). The molecule has 0 aromatic carbocycles. The summed E-state index contributed by atoms with van der Waals surface area (Å²) in [5, 5.41) is 2.04. The van der Waals surface area contributed by atoms with Gasteiger partial charge in [-0.2, -0.15) is 0 Å². The molecule has 0 bridgehead atoms. The minimum absolute atomic E-state index is 0.261. The average molecular weight is 298 g/mol. The van der Waals surface area contributed by atoms with Gasteiger partial charge in [-0.05, 0) is 23.6 Å². The fraction of sp³-hybridized carbons (Fsp3) is 0.250. The van der Waals surface area contributed by atoms with E-state index in [9.17, 15) is 0 Å². The van der Waals surface area contributed by atoms with Crippen molar-refractivity contribution in [1.82, 2.24) is 4.98 Å². The Hall–Kier alpha value is -0.870. The lowest BCUT2D eigenvalue weighted by Crippen LogP contribution is -1.97. The minimum atomic E-state index is 0.261. The van der Waals surface area contributed by atoms with Crippen LogP contribution in [0.4, 0.5) is 0 Å². The van der Waals surface area contributed by atoms with Gasteiger partial charge in [0, 0.05) is 18.3 Å². The summed E-state index contributed by atoms with van der Waals surface area (Å²) in [4.78, 5) is 5.80. The van der Waals surface area contributed by atoms with Crippen LogP contribution >= 0.6 is 27.3 Å². The number of ether oxygens (including phenoxy) is 1. The fourth-order valence-electron chi connectivity index (χ4n) is 1.50. The van der Waals surface area contributed by atoms with E-state index in [1.807, 2.05) is 35.8 Å². The van der Waals surface area contributed by atoms with Crippen molar-refractivity contribution in [1.29, 1.82) is 0 Å². The molecule has 0 aliphatic carbocycles. The Morgan fingerprint density at radius 2 is 2.31 bits per heavy atom. The van der Waals surface area contributed by atoms with Crippen LogP contribution in [0.25, 0.3) is 0 Å². The van der Waals surface area contributed by atoms with Crippen molar-refractivity contribution in [2.45, 2.75) is 11.2 Å². The van der Waals surface area contributed by atoms with Crippen LogP contribution in [0.1, 0.15) is 15.4 Å². The van der Waals surface area contributed by atoms with E-state index in [1.165, 1.54) is 4.88 Å². The molecule has 0 N–H and O–H groups in total. The zero-order chi connectivity index (χ0) is 11.4. The van der Waals surface area contributed by atoms with Gasteiger partial charge in [-0.1, -0.05) is 22.0 Å². The molecule has 16 heavy (non-hydrogen) atoms. The van der Waals surface area contributed by atoms with Crippen molar-refractivity contribution in [2.24, 2.45) is 0 Å². The minimum Gasteiger partial charge on any atom is -0.496 e. The highest BCUT2D eigenvalue weighted by molar-refractivity contribution is 9.09. The molecule has 0 spiro atoms. The summed E-state index contributed by atoms with van der Waals surface area (Å²) in [6.45, 7) is 0. The number of hydrogen-bond acceptors (Lipinski definition) is 3. The van der Waals surface area contributed by atoms with Crippen molar-refractivity contribution in [3.05, 3.63) is 46.4 Å². The molecule has 2 aromatic rings. The van der Waals surface area contributed by atoms with Crippen LogP contribution in [0.5, 0.6) is 5.75 Å². The summed E-state index contributed by atoms with van der Waals surface area (Å²) < 4.78 is 5.30. The summed E-state index contributed by atoms with van der Waals surface area (Å²) in [6, 6.07) is 7.97. The van der Waals surface area contributed by atoms with Crippen LogP contribution in [0.15, 0.2) is 35.8 Å². The van der Waals surface area contributed by atoms with Crippen LogP contribution in [-0.2, 0) is 6.42 Å². The second-order valence-corrected chi connectivity index (χ2v) is 5.40. The lowest BCUT2D eigenvalue weighted by molar-refractivity contribution is 0.412. The van der Waals surface area contributed by atoms with Gasteiger partial charge in [0.15, 0.2) is 0 Å². The van der Waals surface area contributed by atoms with Crippen molar-refractivity contribution in [3.63, 3.8) is 0 Å². The highest BCUT2D eigenvalue weighted by atomic mass is 79.9. The monoisotopic (exact) mass is 297 g/mol. The largest absolute Gasteiger partial charge is 0.496 e. The molecule has 1 unspecified atom stereocenters. The molecule has 1 atom stereocenters. The standard InChI is InChI=1S/C12H12BrNOS/c1-15-11-5-7-16-12(11)10(13)8-9-4-2-3-6-14-9/h2-7,10H,8H2,1H3. The van der Waals surface area contributed by atoms with E-state index in [-0.39, 0.29) is 4.83 Å². The molecular weight excluding hydrogens is 286 g/mol. The first kappa shape index (κ1) is 11.6. The number of methoxy groups -OCH3 is 1. The van der Waals surface area contributed by atoms with E-state index in [0.29, 0.717) is 0 Å². The number of pyridine rings is 1. The van der Waals surface area contributed by atoms with E-state index in [1.54, 1.807) is 18.4 Å². The van der Waals surface area contributed by atoms with Gasteiger partial charge in [0.25, 0.3) is 0 Å². The predicted molar refractivity (Wildman–Crippen MR) is 70.5 cm³/mol. The quantitative estimate of drug-likeness (QED) is 0.800. The van der Waals surface area contributed by atoms with Crippen molar-refractivity contribution in [3.8, 4) is 5.75 Å². The Kier molecular flexibility index (Phi) is 3.96. The lowest BCUT2D eigenvalue weighted by atomic mass is 10.2. The maximum Gasteiger partial charge on any atom is 0.133 e. The van der Waals surface area contributed by atoms with E-state index >= 15 is 0 Å². The van der Waals surface area contributed by atoms with Gasteiger partial charge in [0.1, 0.15) is 5.75 Å². The Balaban J connectivity index is 2.11. The molecule has 0 saturated carbocycles. The molecule has 0 radical (unpaired) electrons. The Labute approximate surface area is 107 Å². The SMILES string of the molecule is COc1ccsc1C(Br)Cc1ccccn1. The first-order valence-electron chi connectivity index (χ1n) is 4.96. The maximum absolute atomic E-state index is 5.30. The van der Waals surface area contributed by atoms with E-state index in [2.05, 4.69) is 20.9 Å². The number of thiophene rings is 1. The van der Waals surface area contributed by atoms with Gasteiger partial charge in [-0.25, -0.2) is 0 Å². The van der Waals surface area contributed by atoms with Gasteiger partial charge in [-0.3, -0.25) is 4.98 Å². The Morgan fingerprint density at radius 1 is 1.44 bits per heavy atom. The molecule has 2 nitrogen and oxygen atoms in total. The smallest absolute Gasteiger partial charge is 0.133 e. The molecule has 0 aliphatic rings. The zero-order valence-electron chi connectivity index (χ0n) is 8.89. The summed E-state index contributed by atoms with van der Waals surface area (Å²) in [5.74, 6) is 0.947. The summed E-state index contributed by atoms with van der Waals surface area (Å²) >= 11 is 5.39. The van der Waals surface area contributed by atoms with E-state index in [0.717, 1.165) is 17.9 Å². The molecule has 0 aliphatic heterocycles. The molecular formula is C12H12BrNOS. The van der Waals surface area contributed by atoms with Crippen LogP contribution in [0, 0.1) is 0 Å². The number of rotatable bonds is 4. The normalized spacial score (nSPS) is 12.4. The molecule has 84 valence electrons. The highest BCUT2D eigenvalue weighted by Crippen LogP contribution is 2.37.